The van der Waals surface area contributed by atoms with Crippen molar-refractivity contribution in [2.45, 2.75) is 12.8 Å². The van der Waals surface area contributed by atoms with E-state index in [9.17, 15) is 14.7 Å². The number of carboxylic acids is 1. The van der Waals surface area contributed by atoms with Gasteiger partial charge < -0.3 is 19.7 Å². The molecule has 1 aromatic heterocycles. The van der Waals surface area contributed by atoms with Gasteiger partial charge in [-0.2, -0.15) is 0 Å². The number of nitrogens with zero attached hydrogens (tertiary/aromatic N) is 4. The first-order chi connectivity index (χ1) is 10.1. The average molecular weight is 294 g/mol. The first kappa shape index (κ1) is 15.3. The third-order valence-corrected chi connectivity index (χ3v) is 4.48. The van der Waals surface area contributed by atoms with Gasteiger partial charge in [-0.25, -0.2) is 9.97 Å². The summed E-state index contributed by atoms with van der Waals surface area (Å²) in [6.45, 7) is 3.16. The normalized spacial score (nSPS) is 21.6. The van der Waals surface area contributed by atoms with Gasteiger partial charge in [-0.1, -0.05) is 0 Å². The Bertz CT molecular complexity index is 620. The number of likely N-dealkylation sites (tertiary alicyclic amines) is 1. The minimum absolute atomic E-state index is 0. The van der Waals surface area contributed by atoms with Crippen molar-refractivity contribution >= 4 is 17.8 Å². The quantitative estimate of drug-likeness (QED) is 0.527. The molecule has 4 rings (SSSR count). The van der Waals surface area contributed by atoms with Crippen molar-refractivity contribution in [2.75, 3.05) is 31.1 Å². The minimum Gasteiger partial charge on any atom is -0.543 e. The molecule has 22 heavy (non-hydrogen) atoms. The molecule has 1 spiro atoms. The van der Waals surface area contributed by atoms with E-state index in [0.29, 0.717) is 11.9 Å². The van der Waals surface area contributed by atoms with Crippen LogP contribution in [0.25, 0.3) is 0 Å². The third-order valence-electron chi connectivity index (χ3n) is 4.48. The number of carboxylic acid groups (broad SMARTS) is 1. The van der Waals surface area contributed by atoms with Crippen LogP contribution in [0.4, 0.5) is 5.95 Å². The molecule has 2 saturated heterocycles. The van der Waals surface area contributed by atoms with Crippen LogP contribution >= 0.6 is 0 Å². The van der Waals surface area contributed by atoms with Crippen LogP contribution in [0.5, 0.6) is 0 Å². The minimum atomic E-state index is -1.29. The van der Waals surface area contributed by atoms with Gasteiger partial charge in [-0.3, -0.25) is 4.79 Å². The molecule has 1 aliphatic carbocycles. The summed E-state index contributed by atoms with van der Waals surface area (Å²) in [5, 5.41) is 10.8. The van der Waals surface area contributed by atoms with E-state index >= 15 is 0 Å². The molecule has 1 saturated carbocycles. The van der Waals surface area contributed by atoms with Gasteiger partial charge in [0, 0.05) is 43.7 Å². The van der Waals surface area contributed by atoms with E-state index in [4.69, 9.17) is 0 Å². The fourth-order valence-corrected chi connectivity index (χ4v) is 3.23. The van der Waals surface area contributed by atoms with E-state index < -0.39 is 5.97 Å². The second-order valence-corrected chi connectivity index (χ2v) is 6.35. The summed E-state index contributed by atoms with van der Waals surface area (Å²) in [5.74, 6) is -0.288. The van der Waals surface area contributed by atoms with Crippen LogP contribution in [-0.2, 0) is 4.79 Å². The van der Waals surface area contributed by atoms with Crippen LogP contribution in [0.15, 0.2) is 12.3 Å². The molecular formula is C14H15LiN4O3. The molecular weight excluding hydrogens is 279 g/mol. The van der Waals surface area contributed by atoms with Crippen molar-refractivity contribution < 1.29 is 33.6 Å². The first-order valence-corrected chi connectivity index (χ1v) is 7.14. The molecule has 1 amide bonds. The van der Waals surface area contributed by atoms with Crippen molar-refractivity contribution in [1.82, 2.24) is 14.9 Å². The maximum atomic E-state index is 11.9. The molecule has 0 aromatic carbocycles. The SMILES string of the molecule is O=C([O-])c1ccnc(N2CC3(CN(C(=O)C4CC4)C3)C2)n1.[Li+]. The Hall–Kier alpha value is -1.58. The number of aromatic nitrogens is 2. The molecule has 2 aliphatic heterocycles. The number of rotatable bonds is 3. The smallest absolute Gasteiger partial charge is 0.543 e. The van der Waals surface area contributed by atoms with Crippen molar-refractivity contribution in [3.05, 3.63) is 18.0 Å². The van der Waals surface area contributed by atoms with Crippen LogP contribution in [0.2, 0.25) is 0 Å². The molecule has 3 aliphatic rings. The van der Waals surface area contributed by atoms with Gasteiger partial charge in [0.25, 0.3) is 0 Å². The number of carbonyl (C=O) groups excluding carboxylic acids is 2. The summed E-state index contributed by atoms with van der Waals surface area (Å²) < 4.78 is 0. The van der Waals surface area contributed by atoms with Crippen LogP contribution in [-0.4, -0.2) is 52.9 Å². The predicted octanol–water partition coefficient (Wildman–Crippen LogP) is -4.10. The van der Waals surface area contributed by atoms with Crippen LogP contribution in [0.1, 0.15) is 23.3 Å². The summed E-state index contributed by atoms with van der Waals surface area (Å²) in [7, 11) is 0. The Morgan fingerprint density at radius 2 is 1.91 bits per heavy atom. The van der Waals surface area contributed by atoms with E-state index in [-0.39, 0.29) is 35.9 Å². The summed E-state index contributed by atoms with van der Waals surface area (Å²) >= 11 is 0. The zero-order valence-electron chi connectivity index (χ0n) is 12.5. The second kappa shape index (κ2) is 5.25. The van der Waals surface area contributed by atoms with Crippen LogP contribution in [0, 0.1) is 11.3 Å². The van der Waals surface area contributed by atoms with E-state index in [1.165, 1.54) is 12.3 Å². The molecule has 3 fully saturated rings. The van der Waals surface area contributed by atoms with Crippen molar-refractivity contribution in [2.24, 2.45) is 11.3 Å². The topological polar surface area (TPSA) is 89.5 Å². The van der Waals surface area contributed by atoms with Gasteiger partial charge >= 0.3 is 18.9 Å². The second-order valence-electron chi connectivity index (χ2n) is 6.35. The molecule has 0 bridgehead atoms. The van der Waals surface area contributed by atoms with Crippen LogP contribution < -0.4 is 28.9 Å². The fourth-order valence-electron chi connectivity index (χ4n) is 3.23. The summed E-state index contributed by atoms with van der Waals surface area (Å²) in [5.41, 5.74) is 0.0610. The molecule has 1 aromatic rings. The van der Waals surface area contributed by atoms with Gasteiger partial charge in [-0.05, 0) is 18.9 Å². The number of aromatic carboxylic acids is 1. The maximum absolute atomic E-state index is 11.9. The number of hydrogen-bond acceptors (Lipinski definition) is 6. The van der Waals surface area contributed by atoms with Crippen LogP contribution in [0.3, 0.4) is 0 Å². The van der Waals surface area contributed by atoms with E-state index in [1.807, 2.05) is 9.80 Å². The molecule has 0 N–H and O–H groups in total. The first-order valence-electron chi connectivity index (χ1n) is 7.14. The van der Waals surface area contributed by atoms with Gasteiger partial charge in [0.15, 0.2) is 0 Å². The Morgan fingerprint density at radius 3 is 2.50 bits per heavy atom. The Kier molecular flexibility index (Phi) is 3.66. The molecule has 7 nitrogen and oxygen atoms in total. The maximum Gasteiger partial charge on any atom is 1.00 e. The number of hydrogen-bond donors (Lipinski definition) is 0. The number of carbonyl (C=O) groups is 2. The Balaban J connectivity index is 0.00000144. The number of amides is 1. The number of anilines is 1. The Morgan fingerprint density at radius 1 is 1.23 bits per heavy atom. The van der Waals surface area contributed by atoms with Crippen molar-refractivity contribution in [3.8, 4) is 0 Å². The molecule has 0 unspecified atom stereocenters. The zero-order valence-corrected chi connectivity index (χ0v) is 12.5. The third kappa shape index (κ3) is 2.48. The van der Waals surface area contributed by atoms with Gasteiger partial charge in [-0.15, -0.1) is 0 Å². The van der Waals surface area contributed by atoms with E-state index in [1.54, 1.807) is 0 Å². The van der Waals surface area contributed by atoms with E-state index in [2.05, 4.69) is 9.97 Å². The predicted molar refractivity (Wildman–Crippen MR) is 70.3 cm³/mol. The molecule has 110 valence electrons. The van der Waals surface area contributed by atoms with Gasteiger partial charge in [0.1, 0.15) is 0 Å². The average Bonchev–Trinajstić information content (AvgIpc) is 3.19. The monoisotopic (exact) mass is 294 g/mol. The summed E-state index contributed by atoms with van der Waals surface area (Å²) in [4.78, 5) is 34.7. The van der Waals surface area contributed by atoms with E-state index in [0.717, 1.165) is 39.0 Å². The molecule has 8 heteroatoms. The summed E-state index contributed by atoms with van der Waals surface area (Å²) in [6, 6.07) is 1.33. The largest absolute Gasteiger partial charge is 1.00 e. The van der Waals surface area contributed by atoms with Crippen molar-refractivity contribution in [3.63, 3.8) is 0 Å². The molecule has 0 radical (unpaired) electrons. The molecule has 3 heterocycles. The fraction of sp³-hybridized carbons (Fsp3) is 0.571. The van der Waals surface area contributed by atoms with Gasteiger partial charge in [0.05, 0.1) is 11.7 Å². The zero-order chi connectivity index (χ0) is 14.6. The Labute approximate surface area is 139 Å². The molecule has 0 atom stereocenters. The summed E-state index contributed by atoms with van der Waals surface area (Å²) in [6.07, 6.45) is 3.51. The van der Waals surface area contributed by atoms with Crippen molar-refractivity contribution in [1.29, 1.82) is 0 Å². The standard InChI is InChI=1S/C14H16N4O3.Li/c19-11(9-1-2-9)17-5-14(6-17)7-18(8-14)13-15-4-3-10(16-13)12(20)21;/h3-4,9H,1-2,5-8H2,(H,20,21);/q;+1/p-1. The van der Waals surface area contributed by atoms with Gasteiger partial charge in [0.2, 0.25) is 11.9 Å².